The van der Waals surface area contributed by atoms with Gasteiger partial charge in [-0.2, -0.15) is 0 Å². The lowest BCUT2D eigenvalue weighted by Gasteiger charge is -2.37. The molecule has 3 nitrogen and oxygen atoms in total. The van der Waals surface area contributed by atoms with Crippen LogP contribution in [-0.4, -0.2) is 9.13 Å². The minimum Gasteiger partial charge on any atom is -0.309 e. The van der Waals surface area contributed by atoms with Crippen LogP contribution in [0.15, 0.2) is 150 Å². The molecule has 2 aliphatic rings. The van der Waals surface area contributed by atoms with Crippen LogP contribution in [0.3, 0.4) is 0 Å². The van der Waals surface area contributed by atoms with Crippen LogP contribution >= 0.6 is 0 Å². The lowest BCUT2D eigenvalue weighted by molar-refractivity contribution is 0.436. The molecule has 0 radical (unpaired) electrons. The van der Waals surface area contributed by atoms with Gasteiger partial charge in [-0.15, -0.1) is 0 Å². The van der Waals surface area contributed by atoms with Crippen LogP contribution in [-0.2, 0) is 5.66 Å². The zero-order chi connectivity index (χ0) is 25.6. The highest BCUT2D eigenvalue weighted by Gasteiger charge is 2.38. The molecule has 39 heavy (non-hydrogen) atoms. The van der Waals surface area contributed by atoms with E-state index in [1.807, 2.05) is 0 Å². The van der Waals surface area contributed by atoms with Gasteiger partial charge in [-0.05, 0) is 42.5 Å². The van der Waals surface area contributed by atoms with Gasteiger partial charge in [-0.3, -0.25) is 0 Å². The summed E-state index contributed by atoms with van der Waals surface area (Å²) in [7, 11) is 0. The Hall–Kier alpha value is -5.15. The van der Waals surface area contributed by atoms with Crippen molar-refractivity contribution in [2.45, 2.75) is 5.66 Å². The molecule has 0 amide bonds. The van der Waals surface area contributed by atoms with E-state index in [1.54, 1.807) is 0 Å². The second kappa shape index (κ2) is 7.46. The minimum atomic E-state index is -0.671. The summed E-state index contributed by atoms with van der Waals surface area (Å²) in [6.45, 7) is 0. The fraction of sp³-hybridized carbons (Fsp3) is 0.0278. The van der Waals surface area contributed by atoms with Gasteiger partial charge in [-0.25, -0.2) is 4.99 Å². The Bertz CT molecular complexity index is 2120. The highest BCUT2D eigenvalue weighted by Crippen LogP contribution is 2.44. The monoisotopic (exact) mass is 497 g/mol. The molecule has 0 spiro atoms. The van der Waals surface area contributed by atoms with Crippen LogP contribution < -0.4 is 10.6 Å². The topological polar surface area (TPSA) is 22.2 Å². The normalized spacial score (nSPS) is 15.6. The molecule has 1 aliphatic carbocycles. The van der Waals surface area contributed by atoms with Crippen molar-refractivity contribution >= 4 is 49.2 Å². The molecule has 0 saturated carbocycles. The van der Waals surface area contributed by atoms with Gasteiger partial charge in [0, 0.05) is 32.3 Å². The highest BCUT2D eigenvalue weighted by atomic mass is 15.3. The van der Waals surface area contributed by atoms with Crippen molar-refractivity contribution in [3.8, 4) is 0 Å². The zero-order valence-electron chi connectivity index (χ0n) is 21.1. The van der Waals surface area contributed by atoms with Crippen LogP contribution in [0.1, 0.15) is 0 Å². The summed E-state index contributed by atoms with van der Waals surface area (Å²) in [5, 5.41) is 7.23. The van der Waals surface area contributed by atoms with Crippen molar-refractivity contribution in [2.75, 3.05) is 0 Å². The second-order valence-electron chi connectivity index (χ2n) is 10.4. The smallest absolute Gasteiger partial charge is 0.163 e. The third-order valence-electron chi connectivity index (χ3n) is 8.43. The maximum Gasteiger partial charge on any atom is 0.163 e. The quantitative estimate of drug-likeness (QED) is 0.244. The molecule has 0 atom stereocenters. The van der Waals surface area contributed by atoms with Crippen molar-refractivity contribution in [2.24, 2.45) is 4.99 Å². The first kappa shape index (κ1) is 20.9. The van der Waals surface area contributed by atoms with Crippen molar-refractivity contribution < 1.29 is 0 Å². The second-order valence-corrected chi connectivity index (χ2v) is 10.4. The number of fused-ring (bicyclic) bond motifs is 8. The molecule has 0 N–H and O–H groups in total. The number of aromatic nitrogens is 2. The first-order chi connectivity index (χ1) is 19.3. The lowest BCUT2D eigenvalue weighted by atomic mass is 9.95. The van der Waals surface area contributed by atoms with Crippen LogP contribution in [0.25, 0.3) is 49.2 Å². The Morgan fingerprint density at radius 2 is 0.923 bits per heavy atom. The number of nitrogens with zero attached hydrogens (tertiary/aromatic N) is 3. The number of hydrogen-bond donors (Lipinski definition) is 0. The number of hydrogen-bond acceptors (Lipinski definition) is 1. The van der Waals surface area contributed by atoms with Gasteiger partial charge in [0.2, 0.25) is 0 Å². The molecule has 0 fully saturated rings. The predicted octanol–water partition coefficient (Wildman–Crippen LogP) is 7.04. The molecule has 0 bridgehead atoms. The SMILES string of the molecule is C1=CC(n2c3ccccc3c3ccccc32)(n2c3ccccc3c3ccccc32)C=C2N=c3ccccc3=C12. The molecule has 3 heterocycles. The number of para-hydroxylation sites is 5. The van der Waals surface area contributed by atoms with Gasteiger partial charge in [-0.1, -0.05) is 97.1 Å². The standard InChI is InChI=1S/C36H23N3/c1-6-16-30-24(11-1)25-21-22-36(23-31(25)37-30,38-32-17-7-2-12-26(32)27-13-3-8-18-33(27)38)39-34-19-9-4-14-28(34)29-15-5-10-20-35(29)39/h1-23H. The first-order valence-corrected chi connectivity index (χ1v) is 13.4. The van der Waals surface area contributed by atoms with E-state index in [0.29, 0.717) is 0 Å². The lowest BCUT2D eigenvalue weighted by Crippen LogP contribution is -2.39. The fourth-order valence-corrected chi connectivity index (χ4v) is 6.86. The van der Waals surface area contributed by atoms with Gasteiger partial charge in [0.15, 0.2) is 5.66 Å². The van der Waals surface area contributed by atoms with E-state index >= 15 is 0 Å². The van der Waals surface area contributed by atoms with Gasteiger partial charge in [0.25, 0.3) is 0 Å². The predicted molar refractivity (Wildman–Crippen MR) is 160 cm³/mol. The largest absolute Gasteiger partial charge is 0.309 e. The van der Waals surface area contributed by atoms with E-state index in [1.165, 1.54) is 54.4 Å². The van der Waals surface area contributed by atoms with Gasteiger partial charge >= 0.3 is 0 Å². The van der Waals surface area contributed by atoms with Gasteiger partial charge in [0.1, 0.15) is 0 Å². The molecule has 7 aromatic rings. The van der Waals surface area contributed by atoms with E-state index in [4.69, 9.17) is 4.99 Å². The van der Waals surface area contributed by atoms with E-state index in [2.05, 4.69) is 149 Å². The van der Waals surface area contributed by atoms with Crippen LogP contribution in [0.4, 0.5) is 0 Å². The zero-order valence-corrected chi connectivity index (χ0v) is 21.1. The number of benzene rings is 5. The van der Waals surface area contributed by atoms with E-state index < -0.39 is 5.66 Å². The number of allylic oxidation sites excluding steroid dienone is 3. The Kier molecular flexibility index (Phi) is 3.99. The van der Waals surface area contributed by atoms with Crippen molar-refractivity contribution in [3.63, 3.8) is 0 Å². The average Bonchev–Trinajstić information content (AvgIpc) is 3.64. The van der Waals surface area contributed by atoms with Gasteiger partial charge < -0.3 is 9.13 Å². The van der Waals surface area contributed by atoms with E-state index in [0.717, 1.165) is 11.1 Å². The molecule has 5 aromatic carbocycles. The van der Waals surface area contributed by atoms with Crippen molar-refractivity contribution in [1.82, 2.24) is 9.13 Å². The summed E-state index contributed by atoms with van der Waals surface area (Å²) >= 11 is 0. The summed E-state index contributed by atoms with van der Waals surface area (Å²) in [4.78, 5) is 5.16. The summed E-state index contributed by atoms with van der Waals surface area (Å²) in [6.07, 6.45) is 7.04. The Balaban J connectivity index is 1.52. The summed E-state index contributed by atoms with van der Waals surface area (Å²) in [5.74, 6) is 0. The van der Waals surface area contributed by atoms with Crippen LogP contribution in [0, 0.1) is 0 Å². The highest BCUT2D eigenvalue weighted by molar-refractivity contribution is 6.10. The van der Waals surface area contributed by atoms with Crippen LogP contribution in [0.2, 0.25) is 0 Å². The maximum absolute atomic E-state index is 5.16. The Labute approximate surface area is 224 Å². The Morgan fingerprint density at radius 1 is 0.487 bits per heavy atom. The first-order valence-electron chi connectivity index (χ1n) is 13.4. The van der Waals surface area contributed by atoms with Crippen LogP contribution in [0.5, 0.6) is 0 Å². The van der Waals surface area contributed by atoms with Crippen molar-refractivity contribution in [3.05, 3.63) is 156 Å². The summed E-state index contributed by atoms with van der Waals surface area (Å²) < 4.78 is 5.02. The molecule has 0 unspecified atom stereocenters. The molecule has 182 valence electrons. The average molecular weight is 498 g/mol. The molecule has 1 aliphatic heterocycles. The van der Waals surface area contributed by atoms with Gasteiger partial charge in [0.05, 0.1) is 33.1 Å². The third kappa shape index (κ3) is 2.64. The third-order valence-corrected chi connectivity index (χ3v) is 8.43. The molecular formula is C36H23N3. The Morgan fingerprint density at radius 3 is 1.44 bits per heavy atom. The van der Waals surface area contributed by atoms with E-state index in [9.17, 15) is 0 Å². The molecule has 3 heteroatoms. The van der Waals surface area contributed by atoms with Crippen molar-refractivity contribution in [1.29, 1.82) is 0 Å². The molecule has 2 aromatic heterocycles. The minimum absolute atomic E-state index is 0.671. The summed E-state index contributed by atoms with van der Waals surface area (Å²) in [5.41, 5.74) is 6.31. The fourth-order valence-electron chi connectivity index (χ4n) is 6.86. The number of rotatable bonds is 2. The maximum atomic E-state index is 5.16. The molecule has 0 saturated heterocycles. The molecular weight excluding hydrogens is 474 g/mol. The summed E-state index contributed by atoms with van der Waals surface area (Å²) in [6, 6.07) is 43.5. The molecule has 9 rings (SSSR count). The van der Waals surface area contributed by atoms with E-state index in [-0.39, 0.29) is 0 Å².